The monoisotopic (exact) mass is 558 g/mol. The lowest BCUT2D eigenvalue weighted by Crippen LogP contribution is -2.49. The second-order valence-electron chi connectivity index (χ2n) is 11.5. The smallest absolute Gasteiger partial charge is 0.237 e. The summed E-state index contributed by atoms with van der Waals surface area (Å²) < 4.78 is 6.06. The van der Waals surface area contributed by atoms with E-state index in [1.807, 2.05) is 74.8 Å². The van der Waals surface area contributed by atoms with E-state index in [0.717, 1.165) is 49.2 Å². The van der Waals surface area contributed by atoms with E-state index in [1.54, 1.807) is 4.90 Å². The molecule has 220 valence electrons. The number of likely N-dealkylation sites (tertiary alicyclic amines) is 1. The van der Waals surface area contributed by atoms with E-state index in [2.05, 4.69) is 36.1 Å². The third-order valence-electron chi connectivity index (χ3n) is 8.51. The summed E-state index contributed by atoms with van der Waals surface area (Å²) in [6.45, 7) is 4.64. The van der Waals surface area contributed by atoms with E-state index in [0.29, 0.717) is 38.0 Å². The fraction of sp³-hybridized carbons (Fsp3) is 0.457. The average molecular weight is 559 g/mol. The molecule has 0 spiro atoms. The van der Waals surface area contributed by atoms with Gasteiger partial charge in [-0.15, -0.1) is 0 Å². The van der Waals surface area contributed by atoms with Crippen molar-refractivity contribution < 1.29 is 19.7 Å². The number of hydrogen-bond acceptors (Lipinski definition) is 5. The van der Waals surface area contributed by atoms with Crippen molar-refractivity contribution in [2.45, 2.75) is 62.6 Å². The van der Waals surface area contributed by atoms with Crippen LogP contribution in [0.3, 0.4) is 0 Å². The summed E-state index contributed by atoms with van der Waals surface area (Å²) >= 11 is 0. The van der Waals surface area contributed by atoms with Gasteiger partial charge < -0.3 is 24.7 Å². The number of amides is 1. The quantitative estimate of drug-likeness (QED) is 0.295. The summed E-state index contributed by atoms with van der Waals surface area (Å²) in [6.07, 6.45) is 3.71. The number of para-hydroxylation sites is 1. The Kier molecular flexibility index (Phi) is 10.6. The van der Waals surface area contributed by atoms with Crippen molar-refractivity contribution in [3.8, 4) is 5.75 Å². The minimum Gasteiger partial charge on any atom is -0.493 e. The fourth-order valence-electron chi connectivity index (χ4n) is 6.14. The number of carbonyl (C=O) groups excluding carboxylic acids is 1. The SMILES string of the molecule is CCCC(O)CCOc1ccccc1C1(O)CCN(CCC(C(=O)N(C)C)(c2ccccc2)c2ccccc2)CC1. The molecule has 1 amide bonds. The Bertz CT molecular complexity index is 1180. The molecule has 0 aliphatic carbocycles. The third kappa shape index (κ3) is 7.18. The molecule has 1 aliphatic rings. The lowest BCUT2D eigenvalue weighted by Gasteiger charge is -2.41. The summed E-state index contributed by atoms with van der Waals surface area (Å²) in [5.41, 5.74) is 1.02. The van der Waals surface area contributed by atoms with Gasteiger partial charge in [-0.25, -0.2) is 0 Å². The maximum absolute atomic E-state index is 14.0. The molecule has 1 unspecified atom stereocenters. The van der Waals surface area contributed by atoms with Crippen molar-refractivity contribution in [3.05, 3.63) is 102 Å². The molecule has 1 saturated heterocycles. The van der Waals surface area contributed by atoms with Gasteiger partial charge in [-0.2, -0.15) is 0 Å². The van der Waals surface area contributed by atoms with Crippen molar-refractivity contribution >= 4 is 5.91 Å². The zero-order valence-corrected chi connectivity index (χ0v) is 24.8. The van der Waals surface area contributed by atoms with Gasteiger partial charge in [0.25, 0.3) is 0 Å². The molecular formula is C35H46N2O4. The van der Waals surface area contributed by atoms with Gasteiger partial charge in [0.05, 0.1) is 18.3 Å². The number of likely N-dealkylation sites (N-methyl/N-ethyl adjacent to an activating group) is 1. The summed E-state index contributed by atoms with van der Waals surface area (Å²) in [4.78, 5) is 18.0. The number of rotatable bonds is 13. The lowest BCUT2D eigenvalue weighted by atomic mass is 9.70. The Labute approximate surface area is 245 Å². The first-order chi connectivity index (χ1) is 19.8. The van der Waals surface area contributed by atoms with Gasteiger partial charge in [-0.3, -0.25) is 4.79 Å². The van der Waals surface area contributed by atoms with Crippen LogP contribution in [0.4, 0.5) is 0 Å². The Hall–Kier alpha value is -3.19. The summed E-state index contributed by atoms with van der Waals surface area (Å²) in [7, 11) is 3.65. The molecule has 0 saturated carbocycles. The number of benzene rings is 3. The molecule has 3 aromatic rings. The van der Waals surface area contributed by atoms with Gasteiger partial charge in [0.2, 0.25) is 5.91 Å². The maximum Gasteiger partial charge on any atom is 0.237 e. The normalized spacial score (nSPS) is 16.2. The van der Waals surface area contributed by atoms with Crippen LogP contribution >= 0.6 is 0 Å². The predicted octanol–water partition coefficient (Wildman–Crippen LogP) is 5.36. The minimum absolute atomic E-state index is 0.0681. The van der Waals surface area contributed by atoms with Crippen molar-refractivity contribution in [1.82, 2.24) is 9.80 Å². The van der Waals surface area contributed by atoms with Gasteiger partial charge in [0.1, 0.15) is 11.2 Å². The summed E-state index contributed by atoms with van der Waals surface area (Å²) in [6, 6.07) is 27.9. The van der Waals surface area contributed by atoms with Crippen molar-refractivity contribution in [1.29, 1.82) is 0 Å². The zero-order valence-electron chi connectivity index (χ0n) is 24.8. The average Bonchev–Trinajstić information content (AvgIpc) is 3.00. The van der Waals surface area contributed by atoms with Gasteiger partial charge >= 0.3 is 0 Å². The first-order valence-electron chi connectivity index (χ1n) is 15.0. The molecule has 0 radical (unpaired) electrons. The van der Waals surface area contributed by atoms with Crippen LogP contribution in [0.5, 0.6) is 5.75 Å². The van der Waals surface area contributed by atoms with Crippen molar-refractivity contribution in [3.63, 3.8) is 0 Å². The Balaban J connectivity index is 1.49. The molecular weight excluding hydrogens is 512 g/mol. The van der Waals surface area contributed by atoms with Crippen LogP contribution in [-0.4, -0.2) is 72.4 Å². The van der Waals surface area contributed by atoms with Crippen LogP contribution in [0.25, 0.3) is 0 Å². The molecule has 1 atom stereocenters. The van der Waals surface area contributed by atoms with Crippen LogP contribution in [0, 0.1) is 0 Å². The Morgan fingerprint density at radius 3 is 2.05 bits per heavy atom. The topological polar surface area (TPSA) is 73.2 Å². The number of carbonyl (C=O) groups is 1. The standard InChI is InChI=1S/C35H46N2O4/c1-4-13-30(38)20-27-41-32-19-12-11-18-31(32)34(40)21-24-37(25-22-34)26-23-35(33(39)36(2)3,28-14-7-5-8-15-28)29-16-9-6-10-17-29/h5-12,14-19,30,38,40H,4,13,20-27H2,1-3H3. The molecule has 6 nitrogen and oxygen atoms in total. The molecule has 1 heterocycles. The Morgan fingerprint density at radius 2 is 1.49 bits per heavy atom. The third-order valence-corrected chi connectivity index (χ3v) is 8.51. The van der Waals surface area contributed by atoms with Gasteiger partial charge in [-0.1, -0.05) is 92.2 Å². The maximum atomic E-state index is 14.0. The van der Waals surface area contributed by atoms with Crippen LogP contribution in [-0.2, 0) is 15.8 Å². The Morgan fingerprint density at radius 1 is 0.927 bits per heavy atom. The van der Waals surface area contributed by atoms with Crippen LogP contribution in [0.1, 0.15) is 62.1 Å². The van der Waals surface area contributed by atoms with Crippen molar-refractivity contribution in [2.24, 2.45) is 0 Å². The predicted molar refractivity (Wildman–Crippen MR) is 164 cm³/mol. The molecule has 1 fully saturated rings. The lowest BCUT2D eigenvalue weighted by molar-refractivity contribution is -0.133. The van der Waals surface area contributed by atoms with Crippen LogP contribution < -0.4 is 4.74 Å². The van der Waals surface area contributed by atoms with Gasteiger partial charge in [-0.05, 0) is 49.4 Å². The first kappa shape index (κ1) is 30.8. The van der Waals surface area contributed by atoms with E-state index in [9.17, 15) is 15.0 Å². The molecule has 0 aromatic heterocycles. The van der Waals surface area contributed by atoms with Gasteiger partial charge in [0.15, 0.2) is 0 Å². The fourth-order valence-corrected chi connectivity index (χ4v) is 6.14. The van der Waals surface area contributed by atoms with Crippen molar-refractivity contribution in [2.75, 3.05) is 40.3 Å². The van der Waals surface area contributed by atoms with E-state index in [1.165, 1.54) is 0 Å². The molecule has 0 bridgehead atoms. The van der Waals surface area contributed by atoms with E-state index in [4.69, 9.17) is 4.74 Å². The number of nitrogens with zero attached hydrogens (tertiary/aromatic N) is 2. The summed E-state index contributed by atoms with van der Waals surface area (Å²) in [5, 5.41) is 21.8. The summed E-state index contributed by atoms with van der Waals surface area (Å²) in [5.74, 6) is 0.759. The van der Waals surface area contributed by atoms with Crippen LogP contribution in [0.2, 0.25) is 0 Å². The highest BCUT2D eigenvalue weighted by molar-refractivity contribution is 5.91. The second kappa shape index (κ2) is 14.1. The molecule has 4 rings (SSSR count). The highest BCUT2D eigenvalue weighted by Gasteiger charge is 2.44. The number of ether oxygens (including phenoxy) is 1. The number of hydrogen-bond donors (Lipinski definition) is 2. The number of aliphatic hydroxyl groups is 2. The number of piperidine rings is 1. The molecule has 41 heavy (non-hydrogen) atoms. The second-order valence-corrected chi connectivity index (χ2v) is 11.5. The van der Waals surface area contributed by atoms with Gasteiger partial charge in [0, 0.05) is 39.2 Å². The van der Waals surface area contributed by atoms with E-state index >= 15 is 0 Å². The molecule has 6 heteroatoms. The highest BCUT2D eigenvalue weighted by atomic mass is 16.5. The zero-order chi connectivity index (χ0) is 29.3. The van der Waals surface area contributed by atoms with Crippen LogP contribution in [0.15, 0.2) is 84.9 Å². The first-order valence-corrected chi connectivity index (χ1v) is 15.0. The molecule has 2 N–H and O–H groups in total. The molecule has 3 aromatic carbocycles. The number of aliphatic hydroxyl groups excluding tert-OH is 1. The largest absolute Gasteiger partial charge is 0.493 e. The van der Waals surface area contributed by atoms with E-state index in [-0.39, 0.29) is 12.0 Å². The minimum atomic E-state index is -0.982. The molecule has 1 aliphatic heterocycles. The van der Waals surface area contributed by atoms with E-state index < -0.39 is 11.0 Å². The highest BCUT2D eigenvalue weighted by Crippen LogP contribution is 2.41.